The minimum atomic E-state index is -0.617. The monoisotopic (exact) mass is 414 g/mol. The summed E-state index contributed by atoms with van der Waals surface area (Å²) in [6.45, 7) is 3.34. The van der Waals surface area contributed by atoms with E-state index >= 15 is 0 Å². The first-order valence-corrected chi connectivity index (χ1v) is 12.5. The van der Waals surface area contributed by atoms with Crippen LogP contribution < -0.4 is 0 Å². The van der Waals surface area contributed by atoms with Gasteiger partial charge in [-0.3, -0.25) is 4.79 Å². The van der Waals surface area contributed by atoms with E-state index in [1.54, 1.807) is 0 Å². The lowest BCUT2D eigenvalue weighted by atomic mass is 10.0. The normalized spacial score (nSPS) is 12.9. The Morgan fingerprint density at radius 2 is 1.10 bits per heavy atom. The number of rotatable bonds is 21. The van der Waals surface area contributed by atoms with Crippen LogP contribution in [0.1, 0.15) is 116 Å². The van der Waals surface area contributed by atoms with E-state index in [0.29, 0.717) is 17.6 Å². The number of nitrogens with zero attached hydrogens (tertiary/aromatic N) is 1. The fraction of sp³-hybridized carbons (Fsp3) is 0.960. The summed E-state index contributed by atoms with van der Waals surface area (Å²) in [5.41, 5.74) is 0. The SMILES string of the molecule is CCCCCCCCCCCCCCCCCCOC(=O)C[C@H](O)C[N+](C)(C)C. The van der Waals surface area contributed by atoms with Gasteiger partial charge in [0.15, 0.2) is 0 Å². The summed E-state index contributed by atoms with van der Waals surface area (Å²) in [6, 6.07) is 0. The van der Waals surface area contributed by atoms with Gasteiger partial charge in [0.2, 0.25) is 0 Å². The lowest BCUT2D eigenvalue weighted by Crippen LogP contribution is -2.42. The van der Waals surface area contributed by atoms with E-state index in [-0.39, 0.29) is 12.4 Å². The molecule has 0 aromatic rings. The van der Waals surface area contributed by atoms with Gasteiger partial charge in [-0.05, 0) is 6.42 Å². The van der Waals surface area contributed by atoms with Crippen molar-refractivity contribution < 1.29 is 19.1 Å². The highest BCUT2D eigenvalue weighted by molar-refractivity contribution is 5.69. The summed E-state index contributed by atoms with van der Waals surface area (Å²) < 4.78 is 5.89. The molecule has 0 unspecified atom stereocenters. The topological polar surface area (TPSA) is 46.5 Å². The average molecular weight is 415 g/mol. The lowest BCUT2D eigenvalue weighted by Gasteiger charge is -2.26. The number of likely N-dealkylation sites (N-methyl/N-ethyl adjacent to an activating group) is 1. The molecule has 0 bridgehead atoms. The van der Waals surface area contributed by atoms with Crippen molar-refractivity contribution in [3.05, 3.63) is 0 Å². The summed E-state index contributed by atoms with van der Waals surface area (Å²) in [7, 11) is 6.01. The number of carbonyl (C=O) groups is 1. The van der Waals surface area contributed by atoms with Gasteiger partial charge in [-0.25, -0.2) is 0 Å². The number of hydrogen-bond acceptors (Lipinski definition) is 3. The van der Waals surface area contributed by atoms with E-state index in [9.17, 15) is 9.90 Å². The molecule has 0 spiro atoms. The fourth-order valence-corrected chi connectivity index (χ4v) is 3.78. The van der Waals surface area contributed by atoms with E-state index < -0.39 is 6.10 Å². The zero-order valence-corrected chi connectivity index (χ0v) is 20.2. The highest BCUT2D eigenvalue weighted by Gasteiger charge is 2.19. The third kappa shape index (κ3) is 23.5. The third-order valence-electron chi connectivity index (χ3n) is 5.42. The molecule has 0 amide bonds. The average Bonchev–Trinajstić information content (AvgIpc) is 2.62. The zero-order valence-electron chi connectivity index (χ0n) is 20.2. The van der Waals surface area contributed by atoms with Gasteiger partial charge in [0, 0.05) is 0 Å². The van der Waals surface area contributed by atoms with Gasteiger partial charge in [-0.15, -0.1) is 0 Å². The predicted molar refractivity (Wildman–Crippen MR) is 124 cm³/mol. The standard InChI is InChI=1S/C25H52NO3/c1-5-6-7-8-9-10-11-12-13-14-15-16-17-18-19-20-21-29-25(28)22-24(27)23-26(2,3)4/h24,27H,5-23H2,1-4H3/q+1/t24-/m0/s1. The Hall–Kier alpha value is -0.610. The molecule has 0 aliphatic rings. The molecule has 4 nitrogen and oxygen atoms in total. The summed E-state index contributed by atoms with van der Waals surface area (Å²) >= 11 is 0. The van der Waals surface area contributed by atoms with Crippen LogP contribution in [0.3, 0.4) is 0 Å². The van der Waals surface area contributed by atoms with Gasteiger partial charge in [-0.2, -0.15) is 0 Å². The van der Waals surface area contributed by atoms with E-state index in [1.807, 2.05) is 21.1 Å². The van der Waals surface area contributed by atoms with Gasteiger partial charge < -0.3 is 14.3 Å². The van der Waals surface area contributed by atoms with Gasteiger partial charge in [0.05, 0.1) is 34.2 Å². The van der Waals surface area contributed by atoms with E-state index in [1.165, 1.54) is 89.9 Å². The Balaban J connectivity index is 3.25. The van der Waals surface area contributed by atoms with Crippen LogP contribution in [0.4, 0.5) is 0 Å². The number of esters is 1. The van der Waals surface area contributed by atoms with Crippen molar-refractivity contribution in [2.45, 2.75) is 122 Å². The number of ether oxygens (including phenoxy) is 1. The predicted octanol–water partition coefficient (Wildman–Crippen LogP) is 6.25. The Bertz CT molecular complexity index is 366. The molecule has 0 radical (unpaired) electrons. The minimum absolute atomic E-state index is 0.106. The van der Waals surface area contributed by atoms with E-state index in [4.69, 9.17) is 4.74 Å². The number of carbonyl (C=O) groups excluding carboxylic acids is 1. The summed E-state index contributed by atoms with van der Waals surface area (Å²) in [5.74, 6) is -0.271. The molecule has 0 aliphatic carbocycles. The molecule has 4 heteroatoms. The van der Waals surface area contributed by atoms with Gasteiger partial charge in [-0.1, -0.05) is 103 Å². The van der Waals surface area contributed by atoms with Crippen LogP contribution in [-0.2, 0) is 9.53 Å². The number of unbranched alkanes of at least 4 members (excludes halogenated alkanes) is 15. The maximum Gasteiger partial charge on any atom is 0.308 e. The molecule has 1 N–H and O–H groups in total. The molecule has 0 rings (SSSR count). The van der Waals surface area contributed by atoms with Crippen molar-refractivity contribution in [1.82, 2.24) is 0 Å². The second-order valence-corrected chi connectivity index (χ2v) is 9.85. The molecular formula is C25H52NO3+. The smallest absolute Gasteiger partial charge is 0.308 e. The minimum Gasteiger partial charge on any atom is -0.466 e. The second kappa shape index (κ2) is 19.4. The van der Waals surface area contributed by atoms with Crippen molar-refractivity contribution in [3.8, 4) is 0 Å². The Morgan fingerprint density at radius 3 is 1.48 bits per heavy atom. The largest absolute Gasteiger partial charge is 0.466 e. The molecule has 174 valence electrons. The van der Waals surface area contributed by atoms with Gasteiger partial charge >= 0.3 is 5.97 Å². The van der Waals surface area contributed by atoms with E-state index in [2.05, 4.69) is 6.92 Å². The third-order valence-corrected chi connectivity index (χ3v) is 5.42. The summed E-state index contributed by atoms with van der Waals surface area (Å²) in [6.07, 6.45) is 20.9. The Labute approximate surface area is 182 Å². The van der Waals surface area contributed by atoms with Crippen LogP contribution in [0.5, 0.6) is 0 Å². The number of quaternary nitrogens is 1. The summed E-state index contributed by atoms with van der Waals surface area (Å²) in [4.78, 5) is 11.7. The Kier molecular flexibility index (Phi) is 19.0. The molecule has 0 fully saturated rings. The van der Waals surface area contributed by atoms with Crippen molar-refractivity contribution in [3.63, 3.8) is 0 Å². The molecular weight excluding hydrogens is 362 g/mol. The number of aliphatic hydroxyl groups is 1. The highest BCUT2D eigenvalue weighted by Crippen LogP contribution is 2.13. The Morgan fingerprint density at radius 1 is 0.724 bits per heavy atom. The fourth-order valence-electron chi connectivity index (χ4n) is 3.78. The first-order valence-electron chi connectivity index (χ1n) is 12.5. The van der Waals surface area contributed by atoms with Gasteiger partial charge in [0.1, 0.15) is 12.6 Å². The second-order valence-electron chi connectivity index (χ2n) is 9.85. The maximum absolute atomic E-state index is 11.7. The first-order chi connectivity index (χ1) is 13.8. The lowest BCUT2D eigenvalue weighted by molar-refractivity contribution is -0.873. The van der Waals surface area contributed by atoms with Crippen molar-refractivity contribution >= 4 is 5.97 Å². The quantitative estimate of drug-likeness (QED) is 0.137. The first kappa shape index (κ1) is 28.4. The van der Waals surface area contributed by atoms with Crippen LogP contribution >= 0.6 is 0 Å². The maximum atomic E-state index is 11.7. The van der Waals surface area contributed by atoms with Crippen LogP contribution in [0.15, 0.2) is 0 Å². The van der Waals surface area contributed by atoms with Crippen LogP contribution in [-0.4, -0.2) is 56.0 Å². The van der Waals surface area contributed by atoms with Gasteiger partial charge in [0.25, 0.3) is 0 Å². The molecule has 0 aliphatic heterocycles. The van der Waals surface area contributed by atoms with Crippen molar-refractivity contribution in [2.24, 2.45) is 0 Å². The van der Waals surface area contributed by atoms with Crippen LogP contribution in [0, 0.1) is 0 Å². The highest BCUT2D eigenvalue weighted by atomic mass is 16.5. The van der Waals surface area contributed by atoms with Crippen LogP contribution in [0.25, 0.3) is 0 Å². The molecule has 0 aromatic heterocycles. The van der Waals surface area contributed by atoms with E-state index in [0.717, 1.165) is 12.8 Å². The van der Waals surface area contributed by atoms with Crippen molar-refractivity contribution in [1.29, 1.82) is 0 Å². The van der Waals surface area contributed by atoms with Crippen molar-refractivity contribution in [2.75, 3.05) is 34.3 Å². The zero-order chi connectivity index (χ0) is 21.8. The molecule has 0 heterocycles. The summed E-state index contributed by atoms with van der Waals surface area (Å²) in [5, 5.41) is 9.88. The molecule has 0 saturated carbocycles. The molecule has 0 saturated heterocycles. The number of aliphatic hydroxyl groups excluding tert-OH is 1. The molecule has 29 heavy (non-hydrogen) atoms. The van der Waals surface area contributed by atoms with Crippen LogP contribution in [0.2, 0.25) is 0 Å². The molecule has 1 atom stereocenters. The number of hydrogen-bond donors (Lipinski definition) is 1. The molecule has 0 aromatic carbocycles.